The highest BCUT2D eigenvalue weighted by Gasteiger charge is 2.28. The van der Waals surface area contributed by atoms with Crippen molar-refractivity contribution in [1.29, 1.82) is 0 Å². The van der Waals surface area contributed by atoms with Gasteiger partial charge in [0.2, 0.25) is 0 Å². The van der Waals surface area contributed by atoms with E-state index in [-0.39, 0.29) is 5.91 Å². The fraction of sp³-hybridized carbons (Fsp3) is 0.458. The Morgan fingerprint density at radius 3 is 2.50 bits per heavy atom. The Balaban J connectivity index is 1.41. The van der Waals surface area contributed by atoms with E-state index in [0.29, 0.717) is 23.7 Å². The normalized spacial score (nSPS) is 17.1. The van der Waals surface area contributed by atoms with E-state index in [1.807, 2.05) is 16.2 Å². The number of hydrogen-bond acceptors (Lipinski definition) is 6. The average Bonchev–Trinajstić information content (AvgIpc) is 3.21. The lowest BCUT2D eigenvalue weighted by Gasteiger charge is -2.36. The maximum atomic E-state index is 12.9. The maximum absolute atomic E-state index is 12.9. The summed E-state index contributed by atoms with van der Waals surface area (Å²) in [5.41, 5.74) is 2.12. The molecule has 0 saturated carbocycles. The van der Waals surface area contributed by atoms with Gasteiger partial charge >= 0.3 is 0 Å². The number of thiophene rings is 1. The zero-order valence-corrected chi connectivity index (χ0v) is 20.2. The number of benzene rings is 1. The van der Waals surface area contributed by atoms with Gasteiger partial charge in [0.05, 0.1) is 5.39 Å². The van der Waals surface area contributed by atoms with Crippen LogP contribution in [0.25, 0.3) is 10.2 Å². The lowest BCUT2D eigenvalue weighted by molar-refractivity contribution is 0.0746. The van der Waals surface area contributed by atoms with E-state index >= 15 is 0 Å². The second-order valence-corrected chi connectivity index (χ2v) is 9.93. The molecule has 1 amide bonds. The smallest absolute Gasteiger partial charge is 0.253 e. The summed E-state index contributed by atoms with van der Waals surface area (Å²) in [5, 5.41) is 1.89. The molecule has 0 spiro atoms. The zero-order valence-electron chi connectivity index (χ0n) is 18.6. The van der Waals surface area contributed by atoms with Gasteiger partial charge in [0.1, 0.15) is 16.5 Å². The molecule has 2 aromatic heterocycles. The van der Waals surface area contributed by atoms with Crippen LogP contribution in [-0.4, -0.2) is 64.9 Å². The minimum atomic E-state index is 0.0657. The van der Waals surface area contributed by atoms with Gasteiger partial charge in [0.25, 0.3) is 5.91 Å². The summed E-state index contributed by atoms with van der Waals surface area (Å²) in [4.78, 5) is 32.1. The van der Waals surface area contributed by atoms with Gasteiger partial charge in [-0.1, -0.05) is 25.4 Å². The van der Waals surface area contributed by atoms with Gasteiger partial charge in [0.15, 0.2) is 0 Å². The number of aromatic nitrogens is 2. The molecular weight excluding hydrogens is 442 g/mol. The molecule has 6 nitrogen and oxygen atoms in total. The number of carbonyl (C=O) groups excluding carboxylic acids is 1. The summed E-state index contributed by atoms with van der Waals surface area (Å²) < 4.78 is 0. The van der Waals surface area contributed by atoms with Crippen LogP contribution in [0.1, 0.15) is 40.5 Å². The van der Waals surface area contributed by atoms with Crippen molar-refractivity contribution in [2.24, 2.45) is 0 Å². The molecule has 1 aromatic carbocycles. The van der Waals surface area contributed by atoms with Crippen molar-refractivity contribution in [3.63, 3.8) is 0 Å². The molecule has 8 heteroatoms. The Morgan fingerprint density at radius 1 is 1.06 bits per heavy atom. The fourth-order valence-electron chi connectivity index (χ4n) is 4.62. The number of amides is 1. The van der Waals surface area contributed by atoms with Crippen molar-refractivity contribution in [3.8, 4) is 0 Å². The van der Waals surface area contributed by atoms with E-state index in [9.17, 15) is 4.79 Å². The lowest BCUT2D eigenvalue weighted by Crippen LogP contribution is -2.49. The van der Waals surface area contributed by atoms with Crippen LogP contribution < -0.4 is 4.90 Å². The zero-order chi connectivity index (χ0) is 22.2. The summed E-state index contributed by atoms with van der Waals surface area (Å²) in [6.07, 6.45) is 1.88. The molecule has 0 atom stereocenters. The lowest BCUT2D eigenvalue weighted by atomic mass is 10.0. The topological polar surface area (TPSA) is 52.6 Å². The first kappa shape index (κ1) is 21.6. The first-order chi connectivity index (χ1) is 15.6. The van der Waals surface area contributed by atoms with Crippen molar-refractivity contribution in [1.82, 2.24) is 19.8 Å². The molecule has 0 aliphatic carbocycles. The van der Waals surface area contributed by atoms with E-state index in [2.05, 4.69) is 23.6 Å². The summed E-state index contributed by atoms with van der Waals surface area (Å²) in [6, 6.07) is 7.15. The first-order valence-electron chi connectivity index (χ1n) is 11.4. The number of rotatable bonds is 4. The van der Waals surface area contributed by atoms with Crippen LogP contribution >= 0.6 is 22.9 Å². The highest BCUT2D eigenvalue weighted by atomic mass is 35.5. The molecule has 4 heterocycles. The third kappa shape index (κ3) is 3.98. The van der Waals surface area contributed by atoms with Crippen LogP contribution in [0, 0.1) is 0 Å². The van der Waals surface area contributed by atoms with Gasteiger partial charge in [-0.05, 0) is 42.8 Å². The minimum Gasteiger partial charge on any atom is -0.352 e. The number of carbonyl (C=O) groups is 1. The SMILES string of the molecule is CCc1nc(N2CCN(C(=O)c3ccc(Cl)cc3)CC2)c2c3c(sc2n1)CN(CC)CC3. The Kier molecular flexibility index (Phi) is 6.05. The largest absolute Gasteiger partial charge is 0.352 e. The van der Waals surface area contributed by atoms with Crippen LogP contribution in [0.3, 0.4) is 0 Å². The molecule has 2 aliphatic heterocycles. The van der Waals surface area contributed by atoms with Gasteiger partial charge in [0, 0.05) is 61.2 Å². The Hall–Kier alpha value is -2.22. The summed E-state index contributed by atoms with van der Waals surface area (Å²) >= 11 is 7.81. The van der Waals surface area contributed by atoms with E-state index in [4.69, 9.17) is 21.6 Å². The molecule has 5 rings (SSSR count). The molecule has 0 unspecified atom stereocenters. The van der Waals surface area contributed by atoms with Crippen molar-refractivity contribution in [2.45, 2.75) is 33.2 Å². The third-order valence-corrected chi connectivity index (χ3v) is 7.89. The maximum Gasteiger partial charge on any atom is 0.253 e. The molecule has 0 N–H and O–H groups in total. The van der Waals surface area contributed by atoms with Gasteiger partial charge in [-0.3, -0.25) is 9.69 Å². The number of fused-ring (bicyclic) bond motifs is 3. The molecular formula is C24H28ClN5OS. The van der Waals surface area contributed by atoms with Crippen LogP contribution in [-0.2, 0) is 19.4 Å². The monoisotopic (exact) mass is 469 g/mol. The number of likely N-dealkylation sites (N-methyl/N-ethyl adjacent to an activating group) is 1. The van der Waals surface area contributed by atoms with Crippen LogP contribution in [0.2, 0.25) is 5.02 Å². The highest BCUT2D eigenvalue weighted by Crippen LogP contribution is 2.39. The molecule has 1 fully saturated rings. The van der Waals surface area contributed by atoms with E-state index in [0.717, 1.165) is 62.0 Å². The van der Waals surface area contributed by atoms with Crippen molar-refractivity contribution < 1.29 is 4.79 Å². The minimum absolute atomic E-state index is 0.0657. The fourth-order valence-corrected chi connectivity index (χ4v) is 6.03. The van der Waals surface area contributed by atoms with Gasteiger partial charge in [-0.25, -0.2) is 9.97 Å². The Morgan fingerprint density at radius 2 is 1.81 bits per heavy atom. The predicted octanol–water partition coefficient (Wildman–Crippen LogP) is 4.25. The van der Waals surface area contributed by atoms with E-state index in [1.54, 1.807) is 24.3 Å². The predicted molar refractivity (Wildman–Crippen MR) is 131 cm³/mol. The first-order valence-corrected chi connectivity index (χ1v) is 12.6. The Labute approximate surface area is 197 Å². The van der Waals surface area contributed by atoms with Gasteiger partial charge in [-0.2, -0.15) is 0 Å². The third-order valence-electron chi connectivity index (χ3n) is 6.53. The van der Waals surface area contributed by atoms with Gasteiger partial charge in [-0.15, -0.1) is 11.3 Å². The van der Waals surface area contributed by atoms with E-state index in [1.165, 1.54) is 15.8 Å². The molecule has 1 saturated heterocycles. The van der Waals surface area contributed by atoms with Crippen molar-refractivity contribution in [2.75, 3.05) is 44.2 Å². The molecule has 168 valence electrons. The average molecular weight is 470 g/mol. The van der Waals surface area contributed by atoms with Crippen molar-refractivity contribution >= 4 is 44.9 Å². The number of piperazine rings is 1. The second-order valence-electron chi connectivity index (χ2n) is 8.41. The molecule has 0 bridgehead atoms. The van der Waals surface area contributed by atoms with Crippen LogP contribution in [0.5, 0.6) is 0 Å². The van der Waals surface area contributed by atoms with E-state index < -0.39 is 0 Å². The summed E-state index contributed by atoms with van der Waals surface area (Å²) in [7, 11) is 0. The number of anilines is 1. The quantitative estimate of drug-likeness (QED) is 0.571. The van der Waals surface area contributed by atoms with Gasteiger partial charge < -0.3 is 9.80 Å². The molecule has 0 radical (unpaired) electrons. The highest BCUT2D eigenvalue weighted by molar-refractivity contribution is 7.19. The van der Waals surface area contributed by atoms with Crippen molar-refractivity contribution in [3.05, 3.63) is 51.1 Å². The summed E-state index contributed by atoms with van der Waals surface area (Å²) in [6.45, 7) is 10.4. The second kappa shape index (κ2) is 8.96. The molecule has 3 aromatic rings. The number of halogens is 1. The molecule has 2 aliphatic rings. The summed E-state index contributed by atoms with van der Waals surface area (Å²) in [5.74, 6) is 2.03. The number of hydrogen-bond donors (Lipinski definition) is 0. The molecule has 32 heavy (non-hydrogen) atoms. The number of aryl methyl sites for hydroxylation is 1. The van der Waals surface area contributed by atoms with Crippen LogP contribution in [0.15, 0.2) is 24.3 Å². The van der Waals surface area contributed by atoms with Crippen LogP contribution in [0.4, 0.5) is 5.82 Å². The Bertz CT molecular complexity index is 1140. The number of nitrogens with zero attached hydrogens (tertiary/aromatic N) is 5. The standard InChI is InChI=1S/C24H28ClN5OS/c1-3-20-26-22(21-18-9-10-28(4-2)15-19(18)32-23(21)27-20)29-11-13-30(14-12-29)24(31)16-5-7-17(25)8-6-16/h5-8H,3-4,9-15H2,1-2H3.